The number of rotatable bonds is 6. The van der Waals surface area contributed by atoms with Gasteiger partial charge in [0, 0.05) is 19.6 Å². The van der Waals surface area contributed by atoms with Gasteiger partial charge in [-0.05, 0) is 25.1 Å². The van der Waals surface area contributed by atoms with E-state index in [-0.39, 0.29) is 12.1 Å². The third kappa shape index (κ3) is 4.33. The zero-order valence-electron chi connectivity index (χ0n) is 13.9. The molecule has 0 aromatic heterocycles. The molecule has 0 bridgehead atoms. The smallest absolute Gasteiger partial charge is 0.407 e. The van der Waals surface area contributed by atoms with Gasteiger partial charge in [0.25, 0.3) is 0 Å². The van der Waals surface area contributed by atoms with Crippen molar-refractivity contribution in [2.45, 2.75) is 19.0 Å². The number of amides is 1. The Labute approximate surface area is 138 Å². The highest BCUT2D eigenvalue weighted by molar-refractivity contribution is 5.64. The Balaban J connectivity index is 2.26. The quantitative estimate of drug-likeness (QED) is 0.884. The lowest BCUT2D eigenvalue weighted by Crippen LogP contribution is -2.42. The first kappa shape index (κ1) is 17.0. The van der Waals surface area contributed by atoms with Crippen LogP contribution in [0.5, 0.6) is 0 Å². The van der Waals surface area contributed by atoms with E-state index < -0.39 is 6.09 Å². The fourth-order valence-electron chi connectivity index (χ4n) is 2.81. The second-order valence-corrected chi connectivity index (χ2v) is 5.91. The van der Waals surface area contributed by atoms with Crippen LogP contribution in [0, 0.1) is 0 Å². The molecule has 2 aromatic carbocycles. The number of carboxylic acid groups (broad SMARTS) is 1. The molecule has 2 rings (SSSR count). The normalized spacial score (nSPS) is 12.4. The van der Waals surface area contributed by atoms with Crippen molar-refractivity contribution < 1.29 is 9.90 Å². The Kier molecular flexibility index (Phi) is 5.77. The van der Waals surface area contributed by atoms with E-state index in [0.717, 1.165) is 0 Å². The van der Waals surface area contributed by atoms with E-state index >= 15 is 0 Å². The first-order valence-electron chi connectivity index (χ1n) is 7.76. The third-order valence-electron chi connectivity index (χ3n) is 4.19. The van der Waals surface area contributed by atoms with Crippen molar-refractivity contribution in [2.24, 2.45) is 0 Å². The standard InChI is InChI=1S/C19H24N2O2/c1-15(21(3)19(22)23)14-20(2)18(16-10-6-4-7-11-16)17-12-8-5-9-13-17/h4-13,15,18H,14H2,1-3H3,(H,22,23)/t15-/m0/s1. The van der Waals surface area contributed by atoms with Gasteiger partial charge in [0.15, 0.2) is 0 Å². The van der Waals surface area contributed by atoms with Gasteiger partial charge < -0.3 is 10.0 Å². The van der Waals surface area contributed by atoms with E-state index in [1.165, 1.54) is 16.0 Å². The number of nitrogens with zero attached hydrogens (tertiary/aromatic N) is 2. The van der Waals surface area contributed by atoms with Gasteiger partial charge >= 0.3 is 6.09 Å². The number of likely N-dealkylation sites (N-methyl/N-ethyl adjacent to an activating group) is 2. The second-order valence-electron chi connectivity index (χ2n) is 5.91. The highest BCUT2D eigenvalue weighted by atomic mass is 16.4. The molecule has 0 aliphatic heterocycles. The van der Waals surface area contributed by atoms with Crippen molar-refractivity contribution in [3.63, 3.8) is 0 Å². The summed E-state index contributed by atoms with van der Waals surface area (Å²) in [6.07, 6.45) is -0.901. The van der Waals surface area contributed by atoms with Crippen LogP contribution < -0.4 is 0 Å². The maximum absolute atomic E-state index is 11.1. The van der Waals surface area contributed by atoms with Gasteiger partial charge in [-0.3, -0.25) is 4.90 Å². The lowest BCUT2D eigenvalue weighted by molar-refractivity contribution is 0.125. The molecule has 0 saturated carbocycles. The lowest BCUT2D eigenvalue weighted by Gasteiger charge is -2.33. The average molecular weight is 312 g/mol. The van der Waals surface area contributed by atoms with Crippen LogP contribution in [-0.4, -0.2) is 47.7 Å². The average Bonchev–Trinajstić information content (AvgIpc) is 2.56. The predicted octanol–water partition coefficient (Wildman–Crippen LogP) is 3.71. The summed E-state index contributed by atoms with van der Waals surface area (Å²) in [6, 6.07) is 20.6. The van der Waals surface area contributed by atoms with E-state index in [0.29, 0.717) is 6.54 Å². The van der Waals surface area contributed by atoms with E-state index in [2.05, 4.69) is 29.2 Å². The molecule has 0 heterocycles. The number of carbonyl (C=O) groups is 1. The fraction of sp³-hybridized carbons (Fsp3) is 0.316. The topological polar surface area (TPSA) is 43.8 Å². The Morgan fingerprint density at radius 2 is 1.39 bits per heavy atom. The molecule has 2 aromatic rings. The SMILES string of the molecule is C[C@@H](CN(C)C(c1ccccc1)c1ccccc1)N(C)C(=O)O. The third-order valence-corrected chi connectivity index (χ3v) is 4.19. The molecule has 4 heteroatoms. The van der Waals surface area contributed by atoms with Crippen molar-refractivity contribution >= 4 is 6.09 Å². The molecule has 0 radical (unpaired) electrons. The summed E-state index contributed by atoms with van der Waals surface area (Å²) in [5.74, 6) is 0. The molecule has 23 heavy (non-hydrogen) atoms. The summed E-state index contributed by atoms with van der Waals surface area (Å²) in [4.78, 5) is 14.7. The summed E-state index contributed by atoms with van der Waals surface area (Å²) in [5.41, 5.74) is 2.40. The van der Waals surface area contributed by atoms with Crippen LogP contribution in [0.25, 0.3) is 0 Å². The predicted molar refractivity (Wildman–Crippen MR) is 92.6 cm³/mol. The Morgan fingerprint density at radius 1 is 0.957 bits per heavy atom. The molecule has 4 nitrogen and oxygen atoms in total. The molecular weight excluding hydrogens is 288 g/mol. The molecule has 1 atom stereocenters. The zero-order chi connectivity index (χ0) is 16.8. The minimum Gasteiger partial charge on any atom is -0.465 e. The monoisotopic (exact) mass is 312 g/mol. The Morgan fingerprint density at radius 3 is 1.78 bits per heavy atom. The maximum atomic E-state index is 11.1. The second kappa shape index (κ2) is 7.79. The molecule has 0 saturated heterocycles. The van der Waals surface area contributed by atoms with Crippen molar-refractivity contribution in [1.29, 1.82) is 0 Å². The van der Waals surface area contributed by atoms with Crippen molar-refractivity contribution in [1.82, 2.24) is 9.80 Å². The minimum atomic E-state index is -0.901. The Bertz CT molecular complexity index is 576. The van der Waals surface area contributed by atoms with Crippen LogP contribution >= 0.6 is 0 Å². The van der Waals surface area contributed by atoms with Crippen molar-refractivity contribution in [3.8, 4) is 0 Å². The van der Waals surface area contributed by atoms with Crippen molar-refractivity contribution in [3.05, 3.63) is 71.8 Å². The fourth-order valence-corrected chi connectivity index (χ4v) is 2.81. The lowest BCUT2D eigenvalue weighted by atomic mass is 9.97. The van der Waals surface area contributed by atoms with Gasteiger partial charge in [0.05, 0.1) is 6.04 Å². The van der Waals surface area contributed by atoms with E-state index in [1.54, 1.807) is 7.05 Å². The van der Waals surface area contributed by atoms with E-state index in [1.807, 2.05) is 50.4 Å². The molecule has 1 N–H and O–H groups in total. The van der Waals surface area contributed by atoms with Crippen LogP contribution in [0.3, 0.4) is 0 Å². The molecule has 0 unspecified atom stereocenters. The summed E-state index contributed by atoms with van der Waals surface area (Å²) in [6.45, 7) is 2.58. The molecular formula is C19H24N2O2. The molecule has 0 aliphatic rings. The van der Waals surface area contributed by atoms with Crippen LogP contribution in [0.15, 0.2) is 60.7 Å². The van der Waals surface area contributed by atoms with Gasteiger partial charge in [-0.1, -0.05) is 60.7 Å². The van der Waals surface area contributed by atoms with Crippen LogP contribution in [0.1, 0.15) is 24.1 Å². The zero-order valence-corrected chi connectivity index (χ0v) is 13.9. The van der Waals surface area contributed by atoms with Crippen LogP contribution in [0.4, 0.5) is 4.79 Å². The molecule has 0 spiro atoms. The van der Waals surface area contributed by atoms with Gasteiger partial charge in [-0.25, -0.2) is 4.79 Å². The number of benzene rings is 2. The molecule has 0 fully saturated rings. The first-order valence-corrected chi connectivity index (χ1v) is 7.76. The van der Waals surface area contributed by atoms with Crippen molar-refractivity contribution in [2.75, 3.05) is 20.6 Å². The van der Waals surface area contributed by atoms with Gasteiger partial charge in [-0.15, -0.1) is 0 Å². The Hall–Kier alpha value is -2.33. The van der Waals surface area contributed by atoms with Gasteiger partial charge in [-0.2, -0.15) is 0 Å². The van der Waals surface area contributed by atoms with Crippen LogP contribution in [-0.2, 0) is 0 Å². The number of hydrogen-bond donors (Lipinski definition) is 1. The van der Waals surface area contributed by atoms with Crippen LogP contribution in [0.2, 0.25) is 0 Å². The summed E-state index contributed by atoms with van der Waals surface area (Å²) >= 11 is 0. The maximum Gasteiger partial charge on any atom is 0.407 e. The summed E-state index contributed by atoms with van der Waals surface area (Å²) < 4.78 is 0. The number of hydrogen-bond acceptors (Lipinski definition) is 2. The van der Waals surface area contributed by atoms with E-state index in [4.69, 9.17) is 5.11 Å². The summed E-state index contributed by atoms with van der Waals surface area (Å²) in [5, 5.41) is 9.15. The largest absolute Gasteiger partial charge is 0.465 e. The molecule has 1 amide bonds. The summed E-state index contributed by atoms with van der Waals surface area (Å²) in [7, 11) is 3.65. The highest BCUT2D eigenvalue weighted by Gasteiger charge is 2.23. The minimum absolute atomic E-state index is 0.0903. The highest BCUT2D eigenvalue weighted by Crippen LogP contribution is 2.27. The molecule has 0 aliphatic carbocycles. The van der Waals surface area contributed by atoms with Gasteiger partial charge in [0.1, 0.15) is 0 Å². The first-order chi connectivity index (χ1) is 11.0. The van der Waals surface area contributed by atoms with Gasteiger partial charge in [0.2, 0.25) is 0 Å². The molecule has 122 valence electrons. The van der Waals surface area contributed by atoms with E-state index in [9.17, 15) is 4.79 Å².